The number of nitrogens with zero attached hydrogens (tertiary/aromatic N) is 2. The van der Waals surface area contributed by atoms with Gasteiger partial charge in [0.25, 0.3) is 5.91 Å². The number of aromatic nitrogens is 3. The normalized spacial score (nSPS) is 10.6. The Balaban J connectivity index is 1.78. The third-order valence-electron chi connectivity index (χ3n) is 3.29. The molecule has 0 bridgehead atoms. The summed E-state index contributed by atoms with van der Waals surface area (Å²) < 4.78 is 5.70. The van der Waals surface area contributed by atoms with Crippen molar-refractivity contribution in [1.82, 2.24) is 15.4 Å². The Bertz CT molecular complexity index is 878. The molecule has 1 heterocycles. The van der Waals surface area contributed by atoms with E-state index in [-0.39, 0.29) is 5.69 Å². The Morgan fingerprint density at radius 1 is 1.12 bits per heavy atom. The molecule has 8 heteroatoms. The lowest BCUT2D eigenvalue weighted by atomic mass is 10.1. The van der Waals surface area contributed by atoms with Gasteiger partial charge >= 0.3 is 0 Å². The minimum absolute atomic E-state index is 0.0564. The minimum atomic E-state index is -0.669. The zero-order valence-electron chi connectivity index (χ0n) is 12.3. The van der Waals surface area contributed by atoms with Gasteiger partial charge in [-0.3, -0.25) is 4.79 Å². The molecular weight excluding hydrogens is 351 g/mol. The quantitative estimate of drug-likeness (QED) is 0.726. The van der Waals surface area contributed by atoms with Crippen LogP contribution in [0.15, 0.2) is 42.5 Å². The molecule has 1 amide bonds. The molecule has 0 fully saturated rings. The number of rotatable bonds is 5. The second-order valence-corrected chi connectivity index (χ2v) is 5.79. The number of benzene rings is 2. The minimum Gasteiger partial charge on any atom is -0.487 e. The maximum absolute atomic E-state index is 11.3. The number of primary amides is 1. The first-order chi connectivity index (χ1) is 11.5. The van der Waals surface area contributed by atoms with Crippen LogP contribution in [-0.2, 0) is 6.61 Å². The molecule has 0 spiro atoms. The number of nitrogens with one attached hydrogen (secondary N) is 1. The van der Waals surface area contributed by atoms with E-state index in [0.717, 1.165) is 5.56 Å². The Hall–Kier alpha value is -2.57. The number of aromatic amines is 1. The lowest BCUT2D eigenvalue weighted by Gasteiger charge is -2.09. The van der Waals surface area contributed by atoms with Crippen molar-refractivity contribution < 1.29 is 9.53 Å². The molecule has 0 unspecified atom stereocenters. The molecule has 3 aromatic rings. The van der Waals surface area contributed by atoms with Crippen LogP contribution in [0.3, 0.4) is 0 Å². The summed E-state index contributed by atoms with van der Waals surface area (Å²) in [6, 6.07) is 12.4. The van der Waals surface area contributed by atoms with Gasteiger partial charge in [0.15, 0.2) is 5.69 Å². The molecule has 0 aliphatic rings. The topological polar surface area (TPSA) is 93.9 Å². The average molecular weight is 363 g/mol. The molecule has 0 atom stereocenters. The summed E-state index contributed by atoms with van der Waals surface area (Å²) in [5.74, 6) is -0.155. The van der Waals surface area contributed by atoms with Crippen LogP contribution in [0.25, 0.3) is 11.3 Å². The number of nitrogens with two attached hydrogens (primary N) is 1. The van der Waals surface area contributed by atoms with Crippen molar-refractivity contribution in [2.45, 2.75) is 6.61 Å². The highest BCUT2D eigenvalue weighted by atomic mass is 35.5. The van der Waals surface area contributed by atoms with Crippen molar-refractivity contribution in [2.24, 2.45) is 5.73 Å². The summed E-state index contributed by atoms with van der Waals surface area (Å²) >= 11 is 12.1. The standard InChI is InChI=1S/C16H12Cl2N4O2/c17-11-4-1-9(2-5-11)8-24-13-6-3-10(7-12(13)18)14-15(16(19)23)21-22-20-14/h1-7H,8H2,(H2,19,23)(H,20,21,22). The van der Waals surface area contributed by atoms with Crippen LogP contribution in [0.5, 0.6) is 5.75 Å². The fourth-order valence-electron chi connectivity index (χ4n) is 2.11. The monoisotopic (exact) mass is 362 g/mol. The van der Waals surface area contributed by atoms with Gasteiger partial charge in [-0.15, -0.1) is 0 Å². The molecule has 3 N–H and O–H groups in total. The van der Waals surface area contributed by atoms with Gasteiger partial charge in [-0.2, -0.15) is 15.4 Å². The summed E-state index contributed by atoms with van der Waals surface area (Å²) in [5, 5.41) is 11.1. The van der Waals surface area contributed by atoms with E-state index >= 15 is 0 Å². The van der Waals surface area contributed by atoms with Gasteiger partial charge in [0.05, 0.1) is 5.02 Å². The molecule has 0 aliphatic heterocycles. The van der Waals surface area contributed by atoms with E-state index in [4.69, 9.17) is 33.7 Å². The van der Waals surface area contributed by atoms with Gasteiger partial charge in [-0.25, -0.2) is 0 Å². The summed E-state index contributed by atoms with van der Waals surface area (Å²) in [6.45, 7) is 0.354. The largest absolute Gasteiger partial charge is 0.487 e. The SMILES string of the molecule is NC(=O)c1n[nH]nc1-c1ccc(OCc2ccc(Cl)cc2)c(Cl)c1. The third-order valence-corrected chi connectivity index (χ3v) is 3.84. The van der Waals surface area contributed by atoms with E-state index < -0.39 is 5.91 Å². The van der Waals surface area contributed by atoms with Gasteiger partial charge in [0, 0.05) is 10.6 Å². The van der Waals surface area contributed by atoms with Crippen LogP contribution in [0.2, 0.25) is 10.0 Å². The maximum Gasteiger partial charge on any atom is 0.271 e. The highest BCUT2D eigenvalue weighted by Crippen LogP contribution is 2.31. The first-order valence-corrected chi connectivity index (χ1v) is 7.68. The predicted octanol–water partition coefficient (Wildman–Crippen LogP) is 3.46. The Kier molecular flexibility index (Phi) is 4.69. The summed E-state index contributed by atoms with van der Waals surface area (Å²) in [4.78, 5) is 11.3. The van der Waals surface area contributed by atoms with Gasteiger partial charge in [-0.05, 0) is 35.9 Å². The van der Waals surface area contributed by atoms with Crippen molar-refractivity contribution in [1.29, 1.82) is 0 Å². The Labute approximate surface area is 147 Å². The number of amides is 1. The van der Waals surface area contributed by atoms with Crippen molar-refractivity contribution >= 4 is 29.1 Å². The van der Waals surface area contributed by atoms with Crippen molar-refractivity contribution in [3.8, 4) is 17.0 Å². The lowest BCUT2D eigenvalue weighted by molar-refractivity contribution is 0.0996. The summed E-state index contributed by atoms with van der Waals surface area (Å²) in [7, 11) is 0. The van der Waals surface area contributed by atoms with E-state index in [2.05, 4.69) is 15.4 Å². The predicted molar refractivity (Wildman–Crippen MR) is 91.1 cm³/mol. The lowest BCUT2D eigenvalue weighted by Crippen LogP contribution is -2.12. The summed E-state index contributed by atoms with van der Waals surface area (Å²) in [5.41, 5.74) is 7.23. The molecule has 0 aliphatic carbocycles. The van der Waals surface area contributed by atoms with Crippen LogP contribution < -0.4 is 10.5 Å². The van der Waals surface area contributed by atoms with Crippen LogP contribution in [-0.4, -0.2) is 21.3 Å². The van der Waals surface area contributed by atoms with E-state index in [1.165, 1.54) is 0 Å². The molecular formula is C16H12Cl2N4O2. The molecule has 3 rings (SSSR count). The zero-order valence-corrected chi connectivity index (χ0v) is 13.8. The van der Waals surface area contributed by atoms with E-state index in [9.17, 15) is 4.79 Å². The third kappa shape index (κ3) is 3.50. The van der Waals surface area contributed by atoms with Crippen molar-refractivity contribution in [3.05, 3.63) is 63.8 Å². The average Bonchev–Trinajstić information content (AvgIpc) is 3.05. The molecule has 0 saturated heterocycles. The van der Waals surface area contributed by atoms with Crippen LogP contribution in [0.1, 0.15) is 16.1 Å². The van der Waals surface area contributed by atoms with E-state index in [1.807, 2.05) is 12.1 Å². The van der Waals surface area contributed by atoms with E-state index in [0.29, 0.717) is 33.7 Å². The zero-order chi connectivity index (χ0) is 17.1. The maximum atomic E-state index is 11.3. The second-order valence-electron chi connectivity index (χ2n) is 4.95. The van der Waals surface area contributed by atoms with Crippen LogP contribution in [0, 0.1) is 0 Å². The van der Waals surface area contributed by atoms with Crippen LogP contribution in [0.4, 0.5) is 0 Å². The van der Waals surface area contributed by atoms with E-state index in [1.54, 1.807) is 30.3 Å². The highest BCUT2D eigenvalue weighted by Gasteiger charge is 2.16. The number of carbonyl (C=O) groups is 1. The Morgan fingerprint density at radius 2 is 1.88 bits per heavy atom. The second kappa shape index (κ2) is 6.90. The van der Waals surface area contributed by atoms with Gasteiger partial charge in [0.2, 0.25) is 0 Å². The molecule has 0 saturated carbocycles. The highest BCUT2D eigenvalue weighted by molar-refractivity contribution is 6.32. The number of halogens is 2. The van der Waals surface area contributed by atoms with Crippen molar-refractivity contribution in [2.75, 3.05) is 0 Å². The van der Waals surface area contributed by atoms with Gasteiger partial charge in [0.1, 0.15) is 18.1 Å². The smallest absolute Gasteiger partial charge is 0.271 e. The molecule has 1 aromatic heterocycles. The van der Waals surface area contributed by atoms with Crippen molar-refractivity contribution in [3.63, 3.8) is 0 Å². The first kappa shape index (κ1) is 16.3. The fourth-order valence-corrected chi connectivity index (χ4v) is 2.47. The molecule has 2 aromatic carbocycles. The number of hydrogen-bond acceptors (Lipinski definition) is 4. The number of ether oxygens (including phenoxy) is 1. The molecule has 6 nitrogen and oxygen atoms in total. The number of carbonyl (C=O) groups excluding carboxylic acids is 1. The van der Waals surface area contributed by atoms with Gasteiger partial charge < -0.3 is 10.5 Å². The molecule has 0 radical (unpaired) electrons. The molecule has 24 heavy (non-hydrogen) atoms. The van der Waals surface area contributed by atoms with Gasteiger partial charge in [-0.1, -0.05) is 35.3 Å². The molecule has 122 valence electrons. The van der Waals surface area contributed by atoms with Crippen LogP contribution >= 0.6 is 23.2 Å². The summed E-state index contributed by atoms with van der Waals surface area (Å²) in [6.07, 6.45) is 0. The first-order valence-electron chi connectivity index (χ1n) is 6.92. The fraction of sp³-hybridized carbons (Fsp3) is 0.0625. The Morgan fingerprint density at radius 3 is 2.54 bits per heavy atom. The number of hydrogen-bond donors (Lipinski definition) is 2. The number of H-pyrrole nitrogens is 1.